The molecule has 4 heteroatoms. The highest BCUT2D eigenvalue weighted by Crippen LogP contribution is 2.12. The van der Waals surface area contributed by atoms with Crippen molar-refractivity contribution < 1.29 is 11.0 Å². The third kappa shape index (κ3) is 44.9. The molecule has 0 rings (SSSR count). The molecule has 0 saturated carbocycles. The normalized spacial score (nSPS) is 9.65. The summed E-state index contributed by atoms with van der Waals surface area (Å²) >= 11 is 0. The molecule has 0 heterocycles. The molecule has 0 saturated heterocycles. The number of hydrogen-bond acceptors (Lipinski definition) is 2. The van der Waals surface area contributed by atoms with E-state index in [-0.39, 0.29) is 11.0 Å². The molecule has 0 aliphatic rings. The molecule has 0 amide bonds. The molecular weight excluding hydrogens is 288 g/mol. The van der Waals surface area contributed by atoms with Crippen molar-refractivity contribution in [2.45, 2.75) is 96.8 Å². The van der Waals surface area contributed by atoms with Gasteiger partial charge in [0.25, 0.3) is 0 Å². The Bertz CT molecular complexity index is 151. The van der Waals surface area contributed by atoms with Crippen molar-refractivity contribution in [2.75, 3.05) is 27.7 Å². The van der Waals surface area contributed by atoms with Gasteiger partial charge in [-0.2, -0.15) is 0 Å². The molecule has 0 radical (unpaired) electrons. The molecule has 0 spiro atoms. The summed E-state index contributed by atoms with van der Waals surface area (Å²) in [6.45, 7) is 3.16. The van der Waals surface area contributed by atoms with Crippen LogP contribution in [0.1, 0.15) is 96.8 Å². The average Bonchev–Trinajstić information content (AvgIpc) is 2.43. The fourth-order valence-electron chi connectivity index (χ4n) is 2.34. The predicted molar refractivity (Wildman–Crippen MR) is 106 cm³/mol. The van der Waals surface area contributed by atoms with Gasteiger partial charge >= 0.3 is 0 Å². The van der Waals surface area contributed by atoms with E-state index >= 15 is 0 Å². The van der Waals surface area contributed by atoms with E-state index in [0.29, 0.717) is 0 Å². The van der Waals surface area contributed by atoms with Gasteiger partial charge in [0.15, 0.2) is 0 Å². The Hall–Kier alpha value is -0.160. The van der Waals surface area contributed by atoms with E-state index in [2.05, 4.69) is 6.92 Å². The van der Waals surface area contributed by atoms with Gasteiger partial charge in [-0.3, -0.25) is 0 Å². The van der Waals surface area contributed by atoms with Gasteiger partial charge in [0, 0.05) is 0 Å². The van der Waals surface area contributed by atoms with Crippen LogP contribution in [0, 0.1) is 0 Å². The Morgan fingerprint density at radius 2 is 0.739 bits per heavy atom. The first-order valence-corrected chi connectivity index (χ1v) is 9.46. The largest absolute Gasteiger partial charge is 0.412 e. The van der Waals surface area contributed by atoms with E-state index in [4.69, 9.17) is 5.73 Å². The van der Waals surface area contributed by atoms with Crippen molar-refractivity contribution in [3.63, 3.8) is 0 Å². The molecule has 0 fully saturated rings. The molecule has 23 heavy (non-hydrogen) atoms. The first-order valence-electron chi connectivity index (χ1n) is 9.46. The molecular formula is C19H48N2O2. The van der Waals surface area contributed by atoms with Crippen LogP contribution in [0.4, 0.5) is 0 Å². The third-order valence-electron chi connectivity index (χ3n) is 3.56. The lowest BCUT2D eigenvalue weighted by Gasteiger charge is -2.02. The van der Waals surface area contributed by atoms with Gasteiger partial charge in [0.05, 0.1) is 0 Å². The van der Waals surface area contributed by atoms with Crippen LogP contribution in [-0.2, 0) is 0 Å². The topological polar surface area (TPSA) is 92.3 Å². The summed E-state index contributed by atoms with van der Waals surface area (Å²) in [5.74, 6) is 0. The van der Waals surface area contributed by atoms with E-state index in [1.165, 1.54) is 89.9 Å². The Morgan fingerprint density at radius 1 is 0.522 bits per heavy atom. The second kappa shape index (κ2) is 29.8. The van der Waals surface area contributed by atoms with Crippen molar-refractivity contribution in [3.05, 3.63) is 0 Å². The average molecular weight is 337 g/mol. The molecule has 146 valence electrons. The highest BCUT2D eigenvalue weighted by molar-refractivity contribution is 4.49. The maximum atomic E-state index is 5.47. The molecule has 0 atom stereocenters. The molecule has 0 aliphatic carbocycles. The van der Waals surface area contributed by atoms with Crippen LogP contribution in [0.3, 0.4) is 0 Å². The number of rotatable bonds is 14. The molecule has 0 aromatic heterocycles. The van der Waals surface area contributed by atoms with Crippen LogP contribution in [0.5, 0.6) is 0 Å². The van der Waals surface area contributed by atoms with Crippen LogP contribution < -0.4 is 5.73 Å². The van der Waals surface area contributed by atoms with Gasteiger partial charge in [-0.1, -0.05) is 90.4 Å². The van der Waals surface area contributed by atoms with Gasteiger partial charge in [0.1, 0.15) is 0 Å². The summed E-state index contributed by atoms with van der Waals surface area (Å²) in [6.07, 6.45) is 19.9. The lowest BCUT2D eigenvalue weighted by molar-refractivity contribution is 0.505. The first kappa shape index (κ1) is 30.7. The summed E-state index contributed by atoms with van der Waals surface area (Å²) in [6, 6.07) is 0. The van der Waals surface area contributed by atoms with Gasteiger partial charge in [-0.25, -0.2) is 0 Å². The summed E-state index contributed by atoms with van der Waals surface area (Å²) in [4.78, 5) is 2.00. The van der Waals surface area contributed by atoms with Crippen molar-refractivity contribution in [3.8, 4) is 0 Å². The first-order chi connectivity index (χ1) is 10.1. The van der Waals surface area contributed by atoms with Crippen LogP contribution in [-0.4, -0.2) is 43.5 Å². The maximum Gasteiger partial charge on any atom is -0.00773 e. The second-order valence-electron chi connectivity index (χ2n) is 6.73. The van der Waals surface area contributed by atoms with E-state index in [1.807, 2.05) is 26.0 Å². The van der Waals surface area contributed by atoms with E-state index in [0.717, 1.165) is 6.54 Å². The Balaban J connectivity index is -0.000000268. The summed E-state index contributed by atoms with van der Waals surface area (Å²) in [5, 5.41) is 0. The lowest BCUT2D eigenvalue weighted by Crippen LogP contribution is -1.99. The highest BCUT2D eigenvalue weighted by Gasteiger charge is 1.93. The van der Waals surface area contributed by atoms with E-state index < -0.39 is 0 Å². The fourth-order valence-corrected chi connectivity index (χ4v) is 2.34. The Labute approximate surface area is 146 Å². The number of nitrogens with zero attached hydrogens (tertiary/aromatic N) is 1. The summed E-state index contributed by atoms with van der Waals surface area (Å²) in [5.41, 5.74) is 5.47. The SMILES string of the molecule is CCCCCCCCCCCCCCCCN.CN(C)C.O.O. The molecule has 0 unspecified atom stereocenters. The zero-order valence-corrected chi connectivity index (χ0v) is 16.6. The Kier molecular flexibility index (Phi) is 39.8. The third-order valence-corrected chi connectivity index (χ3v) is 3.56. The van der Waals surface area contributed by atoms with Crippen molar-refractivity contribution in [1.82, 2.24) is 4.90 Å². The smallest absolute Gasteiger partial charge is 0.00773 e. The number of nitrogens with two attached hydrogens (primary N) is 1. The molecule has 0 aromatic rings. The standard InChI is InChI=1S/C16H35N.C3H9N.2H2O/c1-2-3-4-5-6-7-8-9-10-11-12-13-14-15-16-17;1-4(2)3;;/h2-17H2,1H3;1-3H3;2*1H2. The minimum absolute atomic E-state index is 0. The monoisotopic (exact) mass is 336 g/mol. The lowest BCUT2D eigenvalue weighted by atomic mass is 10.0. The van der Waals surface area contributed by atoms with Crippen molar-refractivity contribution in [2.24, 2.45) is 5.73 Å². The quantitative estimate of drug-likeness (QED) is 0.486. The van der Waals surface area contributed by atoms with E-state index in [1.54, 1.807) is 0 Å². The molecule has 0 aliphatic heterocycles. The molecule has 6 N–H and O–H groups in total. The zero-order valence-electron chi connectivity index (χ0n) is 16.6. The number of unbranched alkanes of at least 4 members (excludes halogenated alkanes) is 13. The van der Waals surface area contributed by atoms with Crippen LogP contribution >= 0.6 is 0 Å². The minimum atomic E-state index is 0. The molecule has 4 nitrogen and oxygen atoms in total. The molecule has 0 aromatic carbocycles. The predicted octanol–water partition coefficient (Wildman–Crippen LogP) is 3.95. The van der Waals surface area contributed by atoms with Gasteiger partial charge in [0.2, 0.25) is 0 Å². The van der Waals surface area contributed by atoms with Crippen molar-refractivity contribution in [1.29, 1.82) is 0 Å². The van der Waals surface area contributed by atoms with E-state index in [9.17, 15) is 0 Å². The second-order valence-corrected chi connectivity index (χ2v) is 6.73. The van der Waals surface area contributed by atoms with Crippen molar-refractivity contribution >= 4 is 0 Å². The zero-order chi connectivity index (χ0) is 16.2. The van der Waals surface area contributed by atoms with Crippen LogP contribution in [0.25, 0.3) is 0 Å². The minimum Gasteiger partial charge on any atom is -0.412 e. The summed E-state index contributed by atoms with van der Waals surface area (Å²) < 4.78 is 0. The van der Waals surface area contributed by atoms with Crippen LogP contribution in [0.2, 0.25) is 0 Å². The number of hydrogen-bond donors (Lipinski definition) is 1. The highest BCUT2D eigenvalue weighted by atomic mass is 16.0. The molecule has 0 bridgehead atoms. The maximum absolute atomic E-state index is 5.47. The van der Waals surface area contributed by atoms with Gasteiger partial charge in [-0.05, 0) is 34.1 Å². The summed E-state index contributed by atoms with van der Waals surface area (Å²) in [7, 11) is 6.00. The Morgan fingerprint density at radius 3 is 0.957 bits per heavy atom. The van der Waals surface area contributed by atoms with Gasteiger partial charge in [-0.15, -0.1) is 0 Å². The van der Waals surface area contributed by atoms with Crippen LogP contribution in [0.15, 0.2) is 0 Å². The fraction of sp³-hybridized carbons (Fsp3) is 1.00. The van der Waals surface area contributed by atoms with Gasteiger partial charge < -0.3 is 21.6 Å².